The number of nitrogens with one attached hydrogen (secondary N) is 2. The molecule has 0 fully saturated rings. The van der Waals surface area contributed by atoms with Crippen LogP contribution in [0.25, 0.3) is 10.8 Å². The molecule has 32 heavy (non-hydrogen) atoms. The molecule has 2 aromatic heterocycles. The summed E-state index contributed by atoms with van der Waals surface area (Å²) >= 11 is 0. The second kappa shape index (κ2) is 9.74. The van der Waals surface area contributed by atoms with E-state index in [1.165, 1.54) is 4.68 Å². The summed E-state index contributed by atoms with van der Waals surface area (Å²) in [5.74, 6) is 0.741. The molecule has 2 heterocycles. The number of urea groups is 1. The highest BCUT2D eigenvalue weighted by atomic mass is 16.5. The SMILES string of the molecule is CCOc1ccc(NC(=O)NCc2nn(Cc3cccnc3)c(=O)c3ccccc23)cc1. The Balaban J connectivity index is 1.52. The lowest BCUT2D eigenvalue weighted by molar-refractivity contribution is 0.251. The fourth-order valence-electron chi connectivity index (χ4n) is 3.35. The molecule has 8 nitrogen and oxygen atoms in total. The van der Waals surface area contributed by atoms with E-state index in [0.717, 1.165) is 11.3 Å². The van der Waals surface area contributed by atoms with Crippen molar-refractivity contribution in [3.63, 3.8) is 0 Å². The van der Waals surface area contributed by atoms with Gasteiger partial charge in [-0.2, -0.15) is 5.10 Å². The lowest BCUT2D eigenvalue weighted by Crippen LogP contribution is -2.31. The number of aromatic nitrogens is 3. The van der Waals surface area contributed by atoms with Crippen LogP contribution < -0.4 is 20.9 Å². The first-order valence-electron chi connectivity index (χ1n) is 10.3. The smallest absolute Gasteiger partial charge is 0.319 e. The topological polar surface area (TPSA) is 98.1 Å². The average molecular weight is 429 g/mol. The summed E-state index contributed by atoms with van der Waals surface area (Å²) in [6.07, 6.45) is 3.38. The van der Waals surface area contributed by atoms with E-state index in [2.05, 4.69) is 20.7 Å². The van der Waals surface area contributed by atoms with E-state index < -0.39 is 0 Å². The minimum Gasteiger partial charge on any atom is -0.494 e. The van der Waals surface area contributed by atoms with Crippen LogP contribution in [-0.4, -0.2) is 27.4 Å². The predicted molar refractivity (Wildman–Crippen MR) is 123 cm³/mol. The van der Waals surface area contributed by atoms with Gasteiger partial charge in [0.25, 0.3) is 5.56 Å². The van der Waals surface area contributed by atoms with Crippen LogP contribution in [0.2, 0.25) is 0 Å². The molecule has 4 rings (SSSR count). The molecule has 162 valence electrons. The molecule has 2 N–H and O–H groups in total. The second-order valence-electron chi connectivity index (χ2n) is 7.08. The van der Waals surface area contributed by atoms with E-state index in [1.807, 2.05) is 37.3 Å². The normalized spacial score (nSPS) is 10.7. The first kappa shape index (κ1) is 21.0. The summed E-state index contributed by atoms with van der Waals surface area (Å²) in [5, 5.41) is 11.4. The second-order valence-corrected chi connectivity index (χ2v) is 7.08. The van der Waals surface area contributed by atoms with Crippen LogP contribution in [0.4, 0.5) is 10.5 Å². The van der Waals surface area contributed by atoms with E-state index in [-0.39, 0.29) is 18.1 Å². The highest BCUT2D eigenvalue weighted by molar-refractivity contribution is 5.90. The van der Waals surface area contributed by atoms with Crippen LogP contribution in [0.3, 0.4) is 0 Å². The number of rotatable bonds is 7. The third kappa shape index (κ3) is 4.92. The molecule has 0 aliphatic heterocycles. The van der Waals surface area contributed by atoms with E-state index >= 15 is 0 Å². The van der Waals surface area contributed by atoms with Crippen LogP contribution in [0, 0.1) is 0 Å². The van der Waals surface area contributed by atoms with Gasteiger partial charge in [0.2, 0.25) is 0 Å². The van der Waals surface area contributed by atoms with Gasteiger partial charge < -0.3 is 15.4 Å². The summed E-state index contributed by atoms with van der Waals surface area (Å²) in [4.78, 5) is 29.4. The highest BCUT2D eigenvalue weighted by Crippen LogP contribution is 2.16. The van der Waals surface area contributed by atoms with Crippen LogP contribution >= 0.6 is 0 Å². The number of carbonyl (C=O) groups is 1. The van der Waals surface area contributed by atoms with Crippen molar-refractivity contribution in [1.82, 2.24) is 20.1 Å². The average Bonchev–Trinajstić information content (AvgIpc) is 2.82. The molecule has 0 spiro atoms. The van der Waals surface area contributed by atoms with Gasteiger partial charge in [-0.05, 0) is 48.9 Å². The number of pyridine rings is 1. The fraction of sp³-hybridized carbons (Fsp3) is 0.167. The van der Waals surface area contributed by atoms with Gasteiger partial charge in [0.05, 0.1) is 30.8 Å². The monoisotopic (exact) mass is 429 g/mol. The Bertz CT molecular complexity index is 1270. The Morgan fingerprint density at radius 2 is 1.81 bits per heavy atom. The summed E-state index contributed by atoms with van der Waals surface area (Å²) < 4.78 is 6.81. The number of benzene rings is 2. The highest BCUT2D eigenvalue weighted by Gasteiger charge is 2.12. The first-order valence-corrected chi connectivity index (χ1v) is 10.3. The molecule has 0 saturated carbocycles. The van der Waals surface area contributed by atoms with Gasteiger partial charge in [-0.15, -0.1) is 0 Å². The van der Waals surface area contributed by atoms with Crippen molar-refractivity contribution in [3.05, 3.63) is 94.7 Å². The third-order valence-corrected chi connectivity index (χ3v) is 4.84. The maximum atomic E-state index is 12.9. The lowest BCUT2D eigenvalue weighted by atomic mass is 10.1. The largest absolute Gasteiger partial charge is 0.494 e. The molecule has 0 atom stereocenters. The number of fused-ring (bicyclic) bond motifs is 1. The number of carbonyl (C=O) groups excluding carboxylic acids is 1. The number of anilines is 1. The van der Waals surface area contributed by atoms with Crippen LogP contribution in [0.15, 0.2) is 77.9 Å². The van der Waals surface area contributed by atoms with Crippen LogP contribution in [-0.2, 0) is 13.1 Å². The van der Waals surface area contributed by atoms with Crippen molar-refractivity contribution < 1.29 is 9.53 Å². The Hall–Kier alpha value is -4.20. The maximum Gasteiger partial charge on any atom is 0.319 e. The maximum absolute atomic E-state index is 12.9. The minimum atomic E-state index is -0.370. The van der Waals surface area contributed by atoms with Crippen molar-refractivity contribution in [2.24, 2.45) is 0 Å². The van der Waals surface area contributed by atoms with E-state index in [9.17, 15) is 9.59 Å². The molecule has 2 amide bonds. The molecule has 0 bridgehead atoms. The molecule has 0 saturated heterocycles. The van der Waals surface area contributed by atoms with Crippen LogP contribution in [0.1, 0.15) is 18.2 Å². The standard InChI is InChI=1S/C24H23N5O3/c1-2-32-19-11-9-18(10-12-19)27-24(31)26-15-22-20-7-3-4-8-21(20)23(30)29(28-22)16-17-6-5-13-25-14-17/h3-14H,2,15-16H2,1H3,(H2,26,27,31). The zero-order valence-corrected chi connectivity index (χ0v) is 17.6. The van der Waals surface area contributed by atoms with Gasteiger partial charge in [-0.1, -0.05) is 24.3 Å². The van der Waals surface area contributed by atoms with Gasteiger partial charge in [0, 0.05) is 23.5 Å². The molecule has 0 radical (unpaired) electrons. The fourth-order valence-corrected chi connectivity index (χ4v) is 3.35. The molecular formula is C24H23N5O3. The van der Waals surface area contributed by atoms with Crippen molar-refractivity contribution in [2.45, 2.75) is 20.0 Å². The predicted octanol–water partition coefficient (Wildman–Crippen LogP) is 3.56. The van der Waals surface area contributed by atoms with Gasteiger partial charge in [-0.3, -0.25) is 9.78 Å². The first-order chi connectivity index (χ1) is 15.6. The Labute approximate surface area is 184 Å². The molecule has 0 unspecified atom stereocenters. The molecule has 0 aliphatic rings. The summed E-state index contributed by atoms with van der Waals surface area (Å²) in [7, 11) is 0. The zero-order valence-electron chi connectivity index (χ0n) is 17.6. The third-order valence-electron chi connectivity index (χ3n) is 4.84. The Kier molecular flexibility index (Phi) is 6.41. The zero-order chi connectivity index (χ0) is 22.3. The van der Waals surface area contributed by atoms with Gasteiger partial charge in [0.1, 0.15) is 5.75 Å². The Morgan fingerprint density at radius 1 is 1.03 bits per heavy atom. The van der Waals surface area contributed by atoms with Crippen molar-refractivity contribution in [3.8, 4) is 5.75 Å². The van der Waals surface area contributed by atoms with E-state index in [0.29, 0.717) is 35.3 Å². The molecule has 4 aromatic rings. The quantitative estimate of drug-likeness (QED) is 0.468. The van der Waals surface area contributed by atoms with Gasteiger partial charge in [-0.25, -0.2) is 9.48 Å². The number of nitrogens with zero attached hydrogens (tertiary/aromatic N) is 3. The van der Waals surface area contributed by atoms with Crippen molar-refractivity contribution in [1.29, 1.82) is 0 Å². The minimum absolute atomic E-state index is 0.163. The molecule has 2 aromatic carbocycles. The summed E-state index contributed by atoms with van der Waals surface area (Å²) in [6, 6.07) is 17.7. The molecule has 0 aliphatic carbocycles. The van der Waals surface area contributed by atoms with Crippen molar-refractivity contribution >= 4 is 22.5 Å². The lowest BCUT2D eigenvalue weighted by Gasteiger charge is -2.12. The Morgan fingerprint density at radius 3 is 2.53 bits per heavy atom. The number of hydrogen-bond donors (Lipinski definition) is 2. The van der Waals surface area contributed by atoms with E-state index in [1.54, 1.807) is 42.7 Å². The van der Waals surface area contributed by atoms with Crippen LogP contribution in [0.5, 0.6) is 5.75 Å². The summed E-state index contributed by atoms with van der Waals surface area (Å²) in [5.41, 5.74) is 1.92. The van der Waals surface area contributed by atoms with Gasteiger partial charge >= 0.3 is 6.03 Å². The summed E-state index contributed by atoms with van der Waals surface area (Å²) in [6.45, 7) is 2.95. The van der Waals surface area contributed by atoms with Gasteiger partial charge in [0.15, 0.2) is 0 Å². The number of hydrogen-bond acceptors (Lipinski definition) is 5. The molecular weight excluding hydrogens is 406 g/mol. The molecule has 8 heteroatoms. The van der Waals surface area contributed by atoms with Crippen molar-refractivity contribution in [2.75, 3.05) is 11.9 Å². The number of amides is 2. The number of ether oxygens (including phenoxy) is 1. The van der Waals surface area contributed by atoms with E-state index in [4.69, 9.17) is 4.74 Å².